The predicted octanol–water partition coefficient (Wildman–Crippen LogP) is 3.13. The number of benzene rings is 1. The number of nitrogens with two attached hydrogens (primary N) is 1. The van der Waals surface area contributed by atoms with Gasteiger partial charge in [-0.1, -0.05) is 13.0 Å². The van der Waals surface area contributed by atoms with Crippen molar-refractivity contribution >= 4 is 10.9 Å². The van der Waals surface area contributed by atoms with Gasteiger partial charge in [0.2, 0.25) is 0 Å². The molecule has 3 rings (SSSR count). The van der Waals surface area contributed by atoms with Gasteiger partial charge in [-0.25, -0.2) is 0 Å². The summed E-state index contributed by atoms with van der Waals surface area (Å²) in [6.45, 7) is 2.78. The molecule has 1 aliphatic rings. The van der Waals surface area contributed by atoms with Crippen LogP contribution in [0.4, 0.5) is 0 Å². The number of nitrogens with zero attached hydrogens (tertiary/aromatic N) is 1. The maximum Gasteiger partial charge on any atom is 0.0708 e. The lowest BCUT2D eigenvalue weighted by molar-refractivity contribution is 1.01. The maximum absolute atomic E-state index is 5.87. The van der Waals surface area contributed by atoms with Crippen LogP contribution in [0.2, 0.25) is 0 Å². The molecule has 2 nitrogen and oxygen atoms in total. The van der Waals surface area contributed by atoms with E-state index in [1.807, 2.05) is 0 Å². The Labute approximate surface area is 102 Å². The summed E-state index contributed by atoms with van der Waals surface area (Å²) >= 11 is 0. The van der Waals surface area contributed by atoms with Gasteiger partial charge < -0.3 is 5.73 Å². The van der Waals surface area contributed by atoms with Gasteiger partial charge in [-0.3, -0.25) is 4.98 Å². The van der Waals surface area contributed by atoms with Crippen molar-refractivity contribution in [1.82, 2.24) is 4.98 Å². The van der Waals surface area contributed by atoms with E-state index >= 15 is 0 Å². The van der Waals surface area contributed by atoms with Crippen LogP contribution in [0.5, 0.6) is 0 Å². The molecular weight excluding hydrogens is 208 g/mol. The molecule has 0 radical (unpaired) electrons. The largest absolute Gasteiger partial charge is 0.326 e. The zero-order chi connectivity index (χ0) is 11.8. The van der Waals surface area contributed by atoms with Gasteiger partial charge in [0.15, 0.2) is 0 Å². The van der Waals surface area contributed by atoms with Crippen LogP contribution in [-0.4, -0.2) is 4.98 Å². The predicted molar refractivity (Wildman–Crippen MR) is 71.0 cm³/mol. The minimum absolute atomic E-state index is 0.603. The molecule has 88 valence electrons. The normalized spacial score (nSPS) is 15.4. The van der Waals surface area contributed by atoms with Crippen molar-refractivity contribution in [3.63, 3.8) is 0 Å². The third-order valence-corrected chi connectivity index (χ3v) is 3.60. The highest BCUT2D eigenvalue weighted by Crippen LogP contribution is 2.40. The topological polar surface area (TPSA) is 38.9 Å². The van der Waals surface area contributed by atoms with Crippen molar-refractivity contribution < 1.29 is 0 Å². The van der Waals surface area contributed by atoms with Crippen molar-refractivity contribution in [3.8, 4) is 0 Å². The molecule has 1 saturated carbocycles. The summed E-state index contributed by atoms with van der Waals surface area (Å²) in [5.74, 6) is 0.690. The molecule has 1 aromatic heterocycles. The molecule has 0 spiro atoms. The summed E-state index contributed by atoms with van der Waals surface area (Å²) in [5, 5.41) is 1.23. The third-order valence-electron chi connectivity index (χ3n) is 3.60. The van der Waals surface area contributed by atoms with Crippen LogP contribution in [0, 0.1) is 0 Å². The first kappa shape index (κ1) is 10.7. The van der Waals surface area contributed by atoms with E-state index in [1.54, 1.807) is 0 Å². The Balaban J connectivity index is 2.20. The van der Waals surface area contributed by atoms with E-state index in [1.165, 1.54) is 35.0 Å². The van der Waals surface area contributed by atoms with Crippen LogP contribution in [0.25, 0.3) is 10.9 Å². The van der Waals surface area contributed by atoms with Gasteiger partial charge in [0.05, 0.1) is 5.52 Å². The van der Waals surface area contributed by atoms with E-state index in [4.69, 9.17) is 10.7 Å². The summed E-state index contributed by atoms with van der Waals surface area (Å²) < 4.78 is 0. The molecule has 0 bridgehead atoms. The molecule has 17 heavy (non-hydrogen) atoms. The molecule has 1 fully saturated rings. The average molecular weight is 226 g/mol. The van der Waals surface area contributed by atoms with Gasteiger partial charge in [-0.2, -0.15) is 0 Å². The van der Waals surface area contributed by atoms with Crippen molar-refractivity contribution in [2.24, 2.45) is 5.73 Å². The van der Waals surface area contributed by atoms with Gasteiger partial charge in [-0.05, 0) is 48.6 Å². The molecule has 1 aliphatic carbocycles. The summed E-state index contributed by atoms with van der Waals surface area (Å²) in [6, 6.07) is 8.76. The van der Waals surface area contributed by atoms with Gasteiger partial charge in [0.1, 0.15) is 0 Å². The van der Waals surface area contributed by atoms with Crippen molar-refractivity contribution in [2.75, 3.05) is 0 Å². The van der Waals surface area contributed by atoms with Crippen molar-refractivity contribution in [2.45, 2.75) is 38.6 Å². The first-order chi connectivity index (χ1) is 8.31. The first-order valence-corrected chi connectivity index (χ1v) is 6.44. The van der Waals surface area contributed by atoms with Gasteiger partial charge in [0.25, 0.3) is 0 Å². The first-order valence-electron chi connectivity index (χ1n) is 6.44. The molecule has 0 atom stereocenters. The lowest BCUT2D eigenvalue weighted by Gasteiger charge is -2.09. The lowest BCUT2D eigenvalue weighted by Crippen LogP contribution is -2.01. The lowest BCUT2D eigenvalue weighted by atomic mass is 10.0. The second-order valence-electron chi connectivity index (χ2n) is 4.89. The van der Waals surface area contributed by atoms with Gasteiger partial charge in [0, 0.05) is 23.5 Å². The SMILES string of the molecule is CCc1ccc2nc(C3CC3)cc(CN)c2c1. The van der Waals surface area contributed by atoms with Crippen molar-refractivity contribution in [1.29, 1.82) is 0 Å². The number of aromatic nitrogens is 1. The Hall–Kier alpha value is -1.41. The van der Waals surface area contributed by atoms with Gasteiger partial charge in [-0.15, -0.1) is 0 Å². The summed E-state index contributed by atoms with van der Waals surface area (Å²) in [7, 11) is 0. The van der Waals surface area contributed by atoms with Crippen LogP contribution in [0.15, 0.2) is 24.3 Å². The summed E-state index contributed by atoms with van der Waals surface area (Å²) in [5.41, 5.74) is 10.8. The Morgan fingerprint density at radius 1 is 1.29 bits per heavy atom. The number of hydrogen-bond donors (Lipinski definition) is 1. The number of fused-ring (bicyclic) bond motifs is 1. The number of pyridine rings is 1. The Bertz CT molecular complexity index is 556. The fourth-order valence-electron chi connectivity index (χ4n) is 2.34. The molecule has 1 heterocycles. The Morgan fingerprint density at radius 3 is 2.76 bits per heavy atom. The zero-order valence-electron chi connectivity index (χ0n) is 10.2. The third kappa shape index (κ3) is 1.93. The quantitative estimate of drug-likeness (QED) is 0.873. The van der Waals surface area contributed by atoms with Crippen molar-refractivity contribution in [3.05, 3.63) is 41.1 Å². The van der Waals surface area contributed by atoms with E-state index in [9.17, 15) is 0 Å². The van der Waals surface area contributed by atoms with Crippen LogP contribution in [-0.2, 0) is 13.0 Å². The highest BCUT2D eigenvalue weighted by atomic mass is 14.7. The zero-order valence-corrected chi connectivity index (χ0v) is 10.2. The molecule has 1 aromatic carbocycles. The smallest absolute Gasteiger partial charge is 0.0708 e. The molecule has 2 aromatic rings. The molecular formula is C15H18N2. The van der Waals surface area contributed by atoms with Crippen LogP contribution >= 0.6 is 0 Å². The average Bonchev–Trinajstić information content (AvgIpc) is 3.21. The van der Waals surface area contributed by atoms with E-state index in [2.05, 4.69) is 31.2 Å². The van der Waals surface area contributed by atoms with E-state index < -0.39 is 0 Å². The minimum atomic E-state index is 0.603. The molecule has 0 unspecified atom stereocenters. The molecule has 2 heteroatoms. The van der Waals surface area contributed by atoms with E-state index in [0.29, 0.717) is 12.5 Å². The van der Waals surface area contributed by atoms with Gasteiger partial charge >= 0.3 is 0 Å². The highest BCUT2D eigenvalue weighted by Gasteiger charge is 2.25. The summed E-state index contributed by atoms with van der Waals surface area (Å²) in [6.07, 6.45) is 3.63. The Kier molecular flexibility index (Phi) is 2.60. The molecule has 0 aliphatic heterocycles. The fraction of sp³-hybridized carbons (Fsp3) is 0.400. The minimum Gasteiger partial charge on any atom is -0.326 e. The second-order valence-corrected chi connectivity index (χ2v) is 4.89. The standard InChI is InChI=1S/C15H18N2/c1-2-10-3-6-14-13(7-10)12(9-16)8-15(17-14)11-4-5-11/h3,6-8,11H,2,4-5,9,16H2,1H3. The van der Waals surface area contributed by atoms with E-state index in [-0.39, 0.29) is 0 Å². The Morgan fingerprint density at radius 2 is 2.12 bits per heavy atom. The molecule has 2 N–H and O–H groups in total. The number of hydrogen-bond acceptors (Lipinski definition) is 2. The van der Waals surface area contributed by atoms with Crippen LogP contribution in [0.3, 0.4) is 0 Å². The van der Waals surface area contributed by atoms with E-state index in [0.717, 1.165) is 11.9 Å². The fourth-order valence-corrected chi connectivity index (χ4v) is 2.34. The number of aryl methyl sites for hydroxylation is 1. The van der Waals surface area contributed by atoms with Crippen LogP contribution < -0.4 is 5.73 Å². The number of rotatable bonds is 3. The monoisotopic (exact) mass is 226 g/mol. The maximum atomic E-state index is 5.87. The molecule has 0 amide bonds. The highest BCUT2D eigenvalue weighted by molar-refractivity contribution is 5.83. The molecule has 0 saturated heterocycles. The second kappa shape index (κ2) is 4.11. The summed E-state index contributed by atoms with van der Waals surface area (Å²) in [4.78, 5) is 4.77. The van der Waals surface area contributed by atoms with Crippen LogP contribution in [0.1, 0.15) is 42.5 Å².